The highest BCUT2D eigenvalue weighted by molar-refractivity contribution is 5.80. The lowest BCUT2D eigenvalue weighted by molar-refractivity contribution is -0.137. The molecule has 1 aromatic carbocycles. The standard InChI is InChI=1S/C13H10F3N3/c14-13(15,16)11-2-1-7-18-12(11)10-5-3-9(4-6-10)8-19-17/h1-8H,17H2. The van der Waals surface area contributed by atoms with Gasteiger partial charge in [0.15, 0.2) is 0 Å². The van der Waals surface area contributed by atoms with Crippen molar-refractivity contribution in [2.75, 3.05) is 0 Å². The Kier molecular flexibility index (Phi) is 3.50. The Morgan fingerprint density at radius 3 is 2.37 bits per heavy atom. The Hall–Kier alpha value is -2.37. The van der Waals surface area contributed by atoms with Crippen LogP contribution in [0.3, 0.4) is 0 Å². The number of hydrogen-bond acceptors (Lipinski definition) is 3. The van der Waals surface area contributed by atoms with E-state index in [1.807, 2.05) is 0 Å². The van der Waals surface area contributed by atoms with Gasteiger partial charge in [0.05, 0.1) is 17.5 Å². The van der Waals surface area contributed by atoms with E-state index in [1.165, 1.54) is 18.5 Å². The Bertz CT molecular complexity index is 589. The van der Waals surface area contributed by atoms with Crippen molar-refractivity contribution in [3.8, 4) is 11.3 Å². The summed E-state index contributed by atoms with van der Waals surface area (Å²) in [6.07, 6.45) is -1.69. The lowest BCUT2D eigenvalue weighted by Gasteiger charge is -2.11. The predicted octanol–water partition coefficient (Wildman–Crippen LogP) is 3.06. The molecule has 1 heterocycles. The molecule has 0 saturated carbocycles. The number of benzene rings is 1. The number of halogens is 3. The van der Waals surface area contributed by atoms with Crippen molar-refractivity contribution in [3.63, 3.8) is 0 Å². The molecule has 0 amide bonds. The Morgan fingerprint density at radius 2 is 1.79 bits per heavy atom. The van der Waals surface area contributed by atoms with Crippen molar-refractivity contribution < 1.29 is 13.2 Å². The Morgan fingerprint density at radius 1 is 1.11 bits per heavy atom. The fraction of sp³-hybridized carbons (Fsp3) is 0.0769. The summed E-state index contributed by atoms with van der Waals surface area (Å²) < 4.78 is 38.6. The molecule has 0 spiro atoms. The third-order valence-electron chi connectivity index (χ3n) is 2.52. The van der Waals surface area contributed by atoms with Crippen molar-refractivity contribution >= 4 is 6.21 Å². The van der Waals surface area contributed by atoms with Crippen LogP contribution in [0.1, 0.15) is 11.1 Å². The molecule has 0 fully saturated rings. The van der Waals surface area contributed by atoms with E-state index < -0.39 is 11.7 Å². The third-order valence-corrected chi connectivity index (χ3v) is 2.52. The van der Waals surface area contributed by atoms with E-state index in [0.717, 1.165) is 6.07 Å². The summed E-state index contributed by atoms with van der Waals surface area (Å²) in [4.78, 5) is 3.81. The summed E-state index contributed by atoms with van der Waals surface area (Å²) in [5, 5.41) is 3.34. The van der Waals surface area contributed by atoms with Gasteiger partial charge in [0, 0.05) is 11.8 Å². The van der Waals surface area contributed by atoms with E-state index in [9.17, 15) is 13.2 Å². The van der Waals surface area contributed by atoms with E-state index in [4.69, 9.17) is 5.84 Å². The van der Waals surface area contributed by atoms with E-state index in [-0.39, 0.29) is 5.69 Å². The fourth-order valence-electron chi connectivity index (χ4n) is 1.68. The van der Waals surface area contributed by atoms with Gasteiger partial charge in [-0.2, -0.15) is 18.3 Å². The first-order chi connectivity index (χ1) is 9.02. The largest absolute Gasteiger partial charge is 0.418 e. The molecule has 19 heavy (non-hydrogen) atoms. The van der Waals surface area contributed by atoms with E-state index in [1.54, 1.807) is 24.3 Å². The highest BCUT2D eigenvalue weighted by Gasteiger charge is 2.34. The second-order valence-corrected chi connectivity index (χ2v) is 3.80. The molecule has 2 aromatic rings. The quantitative estimate of drug-likeness (QED) is 0.515. The fourth-order valence-corrected chi connectivity index (χ4v) is 1.68. The second kappa shape index (κ2) is 5.09. The molecule has 0 aliphatic carbocycles. The minimum Gasteiger partial charge on any atom is -0.323 e. The number of rotatable bonds is 2. The molecule has 0 unspecified atom stereocenters. The highest BCUT2D eigenvalue weighted by Crippen LogP contribution is 2.35. The molecule has 0 bridgehead atoms. The van der Waals surface area contributed by atoms with Crippen LogP contribution in [0.15, 0.2) is 47.7 Å². The number of nitrogens with two attached hydrogens (primary N) is 1. The SMILES string of the molecule is NN=Cc1ccc(-c2ncccc2C(F)(F)F)cc1. The predicted molar refractivity (Wildman–Crippen MR) is 66.5 cm³/mol. The molecule has 0 saturated heterocycles. The molecule has 2 N–H and O–H groups in total. The molecule has 0 aliphatic heterocycles. The van der Waals surface area contributed by atoms with Crippen molar-refractivity contribution in [3.05, 3.63) is 53.7 Å². The lowest BCUT2D eigenvalue weighted by atomic mass is 10.0. The van der Waals surface area contributed by atoms with Gasteiger partial charge in [-0.05, 0) is 17.7 Å². The van der Waals surface area contributed by atoms with Gasteiger partial charge in [0.2, 0.25) is 0 Å². The van der Waals surface area contributed by atoms with Crippen LogP contribution >= 0.6 is 0 Å². The lowest BCUT2D eigenvalue weighted by Crippen LogP contribution is -2.08. The molecular formula is C13H10F3N3. The Balaban J connectivity index is 2.47. The molecule has 0 radical (unpaired) electrons. The van der Waals surface area contributed by atoms with Crippen LogP contribution in [0.4, 0.5) is 13.2 Å². The maximum Gasteiger partial charge on any atom is 0.418 e. The molecule has 6 heteroatoms. The summed E-state index contributed by atoms with van der Waals surface area (Å²) in [6, 6.07) is 8.63. The molecule has 2 rings (SSSR count). The average Bonchev–Trinajstić information content (AvgIpc) is 2.39. The number of nitrogens with zero attached hydrogens (tertiary/aromatic N) is 2. The van der Waals surface area contributed by atoms with E-state index in [0.29, 0.717) is 11.1 Å². The number of hydrazone groups is 1. The van der Waals surface area contributed by atoms with Crippen molar-refractivity contribution in [1.29, 1.82) is 0 Å². The van der Waals surface area contributed by atoms with Gasteiger partial charge in [0.25, 0.3) is 0 Å². The third kappa shape index (κ3) is 2.90. The summed E-state index contributed by atoms with van der Waals surface area (Å²) in [5.41, 5.74) is 0.249. The molecule has 3 nitrogen and oxygen atoms in total. The molecule has 0 aliphatic rings. The van der Waals surface area contributed by atoms with Crippen molar-refractivity contribution in [2.45, 2.75) is 6.18 Å². The summed E-state index contributed by atoms with van der Waals surface area (Å²) in [7, 11) is 0. The first kappa shape index (κ1) is 13.1. The topological polar surface area (TPSA) is 51.3 Å². The number of pyridine rings is 1. The van der Waals surface area contributed by atoms with Crippen molar-refractivity contribution in [1.82, 2.24) is 4.98 Å². The summed E-state index contributed by atoms with van der Waals surface area (Å²) in [6.45, 7) is 0. The number of hydrogen-bond donors (Lipinski definition) is 1. The van der Waals surface area contributed by atoms with Gasteiger partial charge in [-0.1, -0.05) is 24.3 Å². The maximum absolute atomic E-state index is 12.9. The van der Waals surface area contributed by atoms with Crippen LogP contribution in [0.2, 0.25) is 0 Å². The number of aromatic nitrogens is 1. The monoisotopic (exact) mass is 265 g/mol. The van der Waals surface area contributed by atoms with Crippen LogP contribution in [-0.2, 0) is 6.18 Å². The summed E-state index contributed by atoms with van der Waals surface area (Å²) in [5.74, 6) is 5.00. The summed E-state index contributed by atoms with van der Waals surface area (Å²) >= 11 is 0. The minimum absolute atomic E-state index is 0.0914. The first-order valence-electron chi connectivity index (χ1n) is 5.38. The average molecular weight is 265 g/mol. The van der Waals surface area contributed by atoms with Gasteiger partial charge >= 0.3 is 6.18 Å². The molecule has 0 atom stereocenters. The van der Waals surface area contributed by atoms with Gasteiger partial charge < -0.3 is 5.84 Å². The van der Waals surface area contributed by atoms with Crippen LogP contribution in [0.25, 0.3) is 11.3 Å². The minimum atomic E-state index is -4.43. The van der Waals surface area contributed by atoms with Crippen LogP contribution in [0.5, 0.6) is 0 Å². The van der Waals surface area contributed by atoms with Crippen LogP contribution < -0.4 is 5.84 Å². The van der Waals surface area contributed by atoms with Gasteiger partial charge in [0.1, 0.15) is 0 Å². The van der Waals surface area contributed by atoms with Crippen molar-refractivity contribution in [2.24, 2.45) is 10.9 Å². The molecule has 1 aromatic heterocycles. The van der Waals surface area contributed by atoms with Crippen LogP contribution in [-0.4, -0.2) is 11.2 Å². The van der Waals surface area contributed by atoms with E-state index in [2.05, 4.69) is 10.1 Å². The zero-order valence-corrected chi connectivity index (χ0v) is 9.72. The zero-order valence-electron chi connectivity index (χ0n) is 9.72. The Labute approximate surface area is 107 Å². The van der Waals surface area contributed by atoms with Crippen LogP contribution in [0, 0.1) is 0 Å². The van der Waals surface area contributed by atoms with Gasteiger partial charge in [-0.25, -0.2) is 0 Å². The smallest absolute Gasteiger partial charge is 0.323 e. The van der Waals surface area contributed by atoms with Gasteiger partial charge in [-0.3, -0.25) is 4.98 Å². The molecular weight excluding hydrogens is 255 g/mol. The highest BCUT2D eigenvalue weighted by atomic mass is 19.4. The zero-order chi connectivity index (χ0) is 13.9. The maximum atomic E-state index is 12.9. The van der Waals surface area contributed by atoms with Gasteiger partial charge in [-0.15, -0.1) is 0 Å². The number of alkyl halides is 3. The molecule has 98 valence electrons. The van der Waals surface area contributed by atoms with E-state index >= 15 is 0 Å². The second-order valence-electron chi connectivity index (χ2n) is 3.80. The normalized spacial score (nSPS) is 11.9. The first-order valence-corrected chi connectivity index (χ1v) is 5.38.